The molecule has 0 radical (unpaired) electrons. The lowest BCUT2D eigenvalue weighted by molar-refractivity contribution is -0.386. The quantitative estimate of drug-likeness (QED) is 0.00929. The summed E-state index contributed by atoms with van der Waals surface area (Å²) in [5.74, 6) is -2.50. The van der Waals surface area contributed by atoms with E-state index in [2.05, 4.69) is 20.8 Å². The lowest BCUT2D eigenvalue weighted by atomic mass is 10.0. The normalized spacial score (nSPS) is 11.3. The van der Waals surface area contributed by atoms with Crippen LogP contribution in [-0.2, 0) is 4.74 Å². The minimum atomic E-state index is -1.02. The van der Waals surface area contributed by atoms with Crippen LogP contribution in [0.4, 0.5) is 5.69 Å². The molecule has 0 amide bonds. The van der Waals surface area contributed by atoms with Crippen molar-refractivity contribution in [2.45, 2.75) is 149 Å². The van der Waals surface area contributed by atoms with Gasteiger partial charge in [-0.1, -0.05) is 104 Å². The first kappa shape index (κ1) is 59.3. The third-order valence-electron chi connectivity index (χ3n) is 12.4. The third kappa shape index (κ3) is 20.3. The third-order valence-corrected chi connectivity index (χ3v) is 12.4. The molecule has 15 heteroatoms. The van der Waals surface area contributed by atoms with Gasteiger partial charge in [0.15, 0.2) is 11.5 Å². The Morgan fingerprint density at radius 2 is 0.934 bits per heavy atom. The lowest BCUT2D eigenvalue weighted by Crippen LogP contribution is -2.17. The van der Waals surface area contributed by atoms with Crippen LogP contribution in [0.1, 0.15) is 195 Å². The topological polar surface area (TPSA) is 193 Å². The number of ketones is 1. The van der Waals surface area contributed by atoms with E-state index in [0.29, 0.717) is 42.1 Å². The summed E-state index contributed by atoms with van der Waals surface area (Å²) in [5.41, 5.74) is 0.0369. The zero-order valence-electron chi connectivity index (χ0n) is 44.5. The Kier molecular flexibility index (Phi) is 25.5. The molecule has 406 valence electrons. The minimum Gasteiger partial charge on any atom is -0.494 e. The summed E-state index contributed by atoms with van der Waals surface area (Å²) in [5, 5.41) is 12.1. The number of rotatable bonds is 35. The van der Waals surface area contributed by atoms with Gasteiger partial charge in [0.1, 0.15) is 47.5 Å². The zero-order chi connectivity index (χ0) is 54.5. The maximum absolute atomic E-state index is 13.7. The molecule has 5 aromatic carbocycles. The van der Waals surface area contributed by atoms with E-state index in [1.54, 1.807) is 48.5 Å². The van der Waals surface area contributed by atoms with E-state index in [1.807, 2.05) is 6.92 Å². The Morgan fingerprint density at radius 3 is 1.54 bits per heavy atom. The standard InChI is InChI=1S/C61H73NO14/c1-5-8-11-14-16-19-22-55(63)45-23-30-50(31-24-45)71-40-41-72-61(67)53-43-52(36-38-56(53)76-60(66)48-29-37-57(54(42-48)62(68)69)73-44(4)21-18-13-10-7-3)75-59(65)47-27-34-51(35-28-47)74-58(64)46-25-32-49(33-26-46)70-39-20-17-15-12-9-6-2/h23-38,42-44H,5-22,39-41H2,1-4H3. The molecule has 0 aliphatic heterocycles. The zero-order valence-corrected chi connectivity index (χ0v) is 44.5. The van der Waals surface area contributed by atoms with Crippen LogP contribution in [0.15, 0.2) is 109 Å². The Morgan fingerprint density at radius 1 is 0.461 bits per heavy atom. The van der Waals surface area contributed by atoms with Crippen molar-refractivity contribution in [2.24, 2.45) is 0 Å². The van der Waals surface area contributed by atoms with Crippen LogP contribution in [0.2, 0.25) is 0 Å². The van der Waals surface area contributed by atoms with Crippen molar-refractivity contribution in [1.82, 2.24) is 0 Å². The van der Waals surface area contributed by atoms with Crippen molar-refractivity contribution < 1.29 is 62.1 Å². The van der Waals surface area contributed by atoms with Gasteiger partial charge < -0.3 is 33.2 Å². The average Bonchev–Trinajstić information content (AvgIpc) is 3.43. The fraction of sp³-hybridized carbons (Fsp3) is 0.426. The lowest BCUT2D eigenvalue weighted by Gasteiger charge is -2.15. The molecule has 0 bridgehead atoms. The molecule has 0 aliphatic rings. The first-order valence-electron chi connectivity index (χ1n) is 26.9. The number of nitrogens with zero attached hydrogens (tertiary/aromatic N) is 1. The Hall–Kier alpha value is -7.55. The highest BCUT2D eigenvalue weighted by Gasteiger charge is 2.25. The van der Waals surface area contributed by atoms with E-state index in [-0.39, 0.29) is 64.8 Å². The number of Topliss-reactive ketones (excluding diaryl/α,β-unsaturated/α-hetero) is 1. The van der Waals surface area contributed by atoms with Crippen molar-refractivity contribution in [3.63, 3.8) is 0 Å². The number of unbranched alkanes of at least 4 members (excludes halogenated alkanes) is 13. The van der Waals surface area contributed by atoms with Gasteiger partial charge >= 0.3 is 29.6 Å². The van der Waals surface area contributed by atoms with Crippen LogP contribution in [0.5, 0.6) is 34.5 Å². The molecular weight excluding hydrogens is 971 g/mol. The maximum Gasteiger partial charge on any atom is 0.343 e. The van der Waals surface area contributed by atoms with Gasteiger partial charge in [0.25, 0.3) is 0 Å². The fourth-order valence-electron chi connectivity index (χ4n) is 8.07. The number of carbonyl (C=O) groups is 5. The first-order chi connectivity index (χ1) is 36.9. The SMILES string of the molecule is CCCCCCCCOc1ccc(C(=O)Oc2ccc(C(=O)Oc3ccc(OC(=O)c4ccc(OC(C)CCCCCC)c([N+](=O)[O-])c4)c(C(=O)OCCOc4ccc(C(=O)CCCCCCCC)cc4)c3)cc2)cc1. The Labute approximate surface area is 446 Å². The van der Waals surface area contributed by atoms with Gasteiger partial charge in [0, 0.05) is 18.1 Å². The number of carbonyl (C=O) groups excluding carboxylic acids is 5. The second-order valence-electron chi connectivity index (χ2n) is 18.7. The highest BCUT2D eigenvalue weighted by Crippen LogP contribution is 2.32. The number of esters is 4. The average molecular weight is 1040 g/mol. The predicted octanol–water partition coefficient (Wildman–Crippen LogP) is 14.9. The molecular formula is C61H73NO14. The number of benzene rings is 5. The van der Waals surface area contributed by atoms with Gasteiger partial charge in [-0.3, -0.25) is 14.9 Å². The summed E-state index contributed by atoms with van der Waals surface area (Å²) in [6.45, 7) is 8.55. The number of nitro benzene ring substituents is 1. The summed E-state index contributed by atoms with van der Waals surface area (Å²) >= 11 is 0. The number of nitro groups is 1. The molecule has 0 saturated carbocycles. The largest absolute Gasteiger partial charge is 0.494 e. The second kappa shape index (κ2) is 32.7. The Balaban J connectivity index is 1.23. The molecule has 5 rings (SSSR count). The molecule has 0 spiro atoms. The van der Waals surface area contributed by atoms with E-state index in [1.165, 1.54) is 93.5 Å². The summed E-state index contributed by atoms with van der Waals surface area (Å²) in [4.78, 5) is 77.8. The van der Waals surface area contributed by atoms with E-state index >= 15 is 0 Å². The van der Waals surface area contributed by atoms with Crippen LogP contribution >= 0.6 is 0 Å². The summed E-state index contributed by atoms with van der Waals surface area (Å²) in [6, 6.07) is 26.4. The summed E-state index contributed by atoms with van der Waals surface area (Å²) in [6.07, 6.45) is 18.3. The molecule has 0 N–H and O–H groups in total. The smallest absolute Gasteiger partial charge is 0.343 e. The summed E-state index contributed by atoms with van der Waals surface area (Å²) in [7, 11) is 0. The Bertz CT molecular complexity index is 2630. The highest BCUT2D eigenvalue weighted by molar-refractivity contribution is 5.98. The highest BCUT2D eigenvalue weighted by atomic mass is 16.6. The fourth-order valence-corrected chi connectivity index (χ4v) is 8.07. The van der Waals surface area contributed by atoms with E-state index in [9.17, 15) is 34.1 Å². The van der Waals surface area contributed by atoms with Gasteiger partial charge in [-0.2, -0.15) is 0 Å². The number of hydrogen-bond donors (Lipinski definition) is 0. The van der Waals surface area contributed by atoms with E-state index < -0.39 is 34.5 Å². The molecule has 0 aromatic heterocycles. The molecule has 15 nitrogen and oxygen atoms in total. The predicted molar refractivity (Wildman–Crippen MR) is 290 cm³/mol. The molecule has 0 heterocycles. The first-order valence-corrected chi connectivity index (χ1v) is 26.9. The van der Waals surface area contributed by atoms with Gasteiger partial charge in [-0.15, -0.1) is 0 Å². The van der Waals surface area contributed by atoms with Crippen molar-refractivity contribution in [1.29, 1.82) is 0 Å². The monoisotopic (exact) mass is 1040 g/mol. The van der Waals surface area contributed by atoms with Gasteiger partial charge in [-0.25, -0.2) is 19.2 Å². The molecule has 0 aliphatic carbocycles. The van der Waals surface area contributed by atoms with Crippen LogP contribution in [-0.4, -0.2) is 60.5 Å². The van der Waals surface area contributed by atoms with Crippen LogP contribution in [0.3, 0.4) is 0 Å². The van der Waals surface area contributed by atoms with Crippen LogP contribution in [0.25, 0.3) is 0 Å². The van der Waals surface area contributed by atoms with Crippen LogP contribution < -0.4 is 28.4 Å². The molecule has 1 atom stereocenters. The van der Waals surface area contributed by atoms with Gasteiger partial charge in [0.05, 0.1) is 34.3 Å². The molecule has 1 unspecified atom stereocenters. The summed E-state index contributed by atoms with van der Waals surface area (Å²) < 4.78 is 39.8. The van der Waals surface area contributed by atoms with E-state index in [4.69, 9.17) is 33.2 Å². The molecule has 0 fully saturated rings. The van der Waals surface area contributed by atoms with Gasteiger partial charge in [-0.05, 0) is 136 Å². The molecule has 76 heavy (non-hydrogen) atoms. The maximum atomic E-state index is 13.7. The molecule has 5 aromatic rings. The molecule has 0 saturated heterocycles. The minimum absolute atomic E-state index is 0.00338. The van der Waals surface area contributed by atoms with Crippen molar-refractivity contribution in [3.05, 3.63) is 147 Å². The van der Waals surface area contributed by atoms with Gasteiger partial charge in [0.2, 0.25) is 0 Å². The number of hydrogen-bond acceptors (Lipinski definition) is 14. The van der Waals surface area contributed by atoms with Crippen molar-refractivity contribution in [3.8, 4) is 34.5 Å². The van der Waals surface area contributed by atoms with Crippen LogP contribution in [0, 0.1) is 10.1 Å². The van der Waals surface area contributed by atoms with Crippen molar-refractivity contribution in [2.75, 3.05) is 19.8 Å². The number of ether oxygens (including phenoxy) is 7. The second-order valence-corrected chi connectivity index (χ2v) is 18.7. The van der Waals surface area contributed by atoms with E-state index in [0.717, 1.165) is 69.9 Å². The van der Waals surface area contributed by atoms with Crippen molar-refractivity contribution >= 4 is 35.3 Å².